The number of hydrogen-bond acceptors (Lipinski definition) is 7. The first-order valence-electron chi connectivity index (χ1n) is 11.4. The lowest BCUT2D eigenvalue weighted by Gasteiger charge is -2.14. The molecule has 2 aromatic carbocycles. The Morgan fingerprint density at radius 1 is 1.17 bits per heavy atom. The minimum Gasteiger partial charge on any atom is -0.491 e. The number of likely N-dealkylation sites (N-methyl/N-ethyl adjacent to an activating group) is 1. The van der Waals surface area contributed by atoms with Gasteiger partial charge >= 0.3 is 0 Å². The number of nitrogens with one attached hydrogen (secondary N) is 1. The van der Waals surface area contributed by atoms with Crippen LogP contribution in [0.15, 0.2) is 48.8 Å². The second kappa shape index (κ2) is 13.1. The number of ether oxygens (including phenoxy) is 2. The van der Waals surface area contributed by atoms with Crippen LogP contribution in [0.5, 0.6) is 5.75 Å². The number of hydrogen-bond donors (Lipinski definition) is 1. The molecule has 0 aliphatic heterocycles. The normalized spacial score (nSPS) is 11.5. The average Bonchev–Trinajstić information content (AvgIpc) is 2.81. The first-order valence-corrected chi connectivity index (χ1v) is 11.8. The van der Waals surface area contributed by atoms with Crippen molar-refractivity contribution in [2.24, 2.45) is 0 Å². The van der Waals surface area contributed by atoms with Crippen LogP contribution in [0.4, 0.5) is 15.9 Å². The van der Waals surface area contributed by atoms with Gasteiger partial charge < -0.3 is 19.7 Å². The number of halogens is 2. The number of ketones is 1. The second-order valence-corrected chi connectivity index (χ2v) is 8.63. The van der Waals surface area contributed by atoms with Crippen molar-refractivity contribution < 1.29 is 18.7 Å². The van der Waals surface area contributed by atoms with Crippen LogP contribution in [0.1, 0.15) is 18.9 Å². The van der Waals surface area contributed by atoms with Crippen molar-refractivity contribution >= 4 is 39.8 Å². The molecule has 1 N–H and O–H groups in total. The summed E-state index contributed by atoms with van der Waals surface area (Å²) in [6.45, 7) is 4.18. The van der Waals surface area contributed by atoms with Crippen LogP contribution in [-0.4, -0.2) is 61.1 Å². The predicted molar refractivity (Wildman–Crippen MR) is 137 cm³/mol. The Morgan fingerprint density at radius 2 is 2.00 bits per heavy atom. The van der Waals surface area contributed by atoms with Crippen molar-refractivity contribution in [2.45, 2.75) is 19.8 Å². The lowest BCUT2D eigenvalue weighted by atomic mass is 10.0. The summed E-state index contributed by atoms with van der Waals surface area (Å²) in [5.74, 6) is 0.529. The predicted octanol–water partition coefficient (Wildman–Crippen LogP) is 5.20. The van der Waals surface area contributed by atoms with E-state index in [4.69, 9.17) is 21.1 Å². The van der Waals surface area contributed by atoms with E-state index in [2.05, 4.69) is 15.3 Å². The molecule has 0 spiro atoms. The van der Waals surface area contributed by atoms with E-state index in [1.54, 1.807) is 18.2 Å². The third kappa shape index (κ3) is 7.99. The lowest BCUT2D eigenvalue weighted by molar-refractivity contribution is -0.114. The zero-order chi connectivity index (χ0) is 25.2. The summed E-state index contributed by atoms with van der Waals surface area (Å²) >= 11 is 5.92. The van der Waals surface area contributed by atoms with Crippen molar-refractivity contribution in [2.75, 3.05) is 45.8 Å². The molecule has 0 fully saturated rings. The van der Waals surface area contributed by atoms with Crippen LogP contribution in [0.25, 0.3) is 10.9 Å². The maximum atomic E-state index is 13.6. The summed E-state index contributed by atoms with van der Waals surface area (Å²) in [6, 6.07) is 7.99. The molecule has 1 heterocycles. The fourth-order valence-corrected chi connectivity index (χ4v) is 3.49. The molecule has 0 amide bonds. The fraction of sp³-hybridized carbons (Fsp3) is 0.346. The van der Waals surface area contributed by atoms with Gasteiger partial charge in [0.15, 0.2) is 5.78 Å². The minimum atomic E-state index is -0.502. The smallest absolute Gasteiger partial charge is 0.159 e. The molecule has 0 saturated carbocycles. The Balaban J connectivity index is 1.91. The van der Waals surface area contributed by atoms with Gasteiger partial charge in [-0.2, -0.15) is 0 Å². The zero-order valence-corrected chi connectivity index (χ0v) is 20.9. The summed E-state index contributed by atoms with van der Waals surface area (Å²) < 4.78 is 25.0. The number of fused-ring (bicyclic) bond motifs is 1. The maximum absolute atomic E-state index is 13.6. The van der Waals surface area contributed by atoms with Crippen LogP contribution in [-0.2, 0) is 16.0 Å². The van der Waals surface area contributed by atoms with Gasteiger partial charge in [-0.15, -0.1) is 0 Å². The van der Waals surface area contributed by atoms with E-state index in [-0.39, 0.29) is 17.2 Å². The molecule has 9 heteroatoms. The Morgan fingerprint density at radius 3 is 2.74 bits per heavy atom. The Kier molecular flexibility index (Phi) is 9.96. The van der Waals surface area contributed by atoms with Gasteiger partial charge in [-0.25, -0.2) is 14.4 Å². The molecular formula is C26H30ClFN4O3. The first-order chi connectivity index (χ1) is 16.9. The number of benzene rings is 2. The maximum Gasteiger partial charge on any atom is 0.159 e. The summed E-state index contributed by atoms with van der Waals surface area (Å²) in [6.07, 6.45) is 5.93. The lowest BCUT2D eigenvalue weighted by Crippen LogP contribution is -2.12. The van der Waals surface area contributed by atoms with Crippen LogP contribution in [0.2, 0.25) is 5.02 Å². The highest BCUT2D eigenvalue weighted by Gasteiger charge is 2.14. The van der Waals surface area contributed by atoms with Crippen molar-refractivity contribution in [3.63, 3.8) is 0 Å². The zero-order valence-electron chi connectivity index (χ0n) is 20.2. The Hall–Kier alpha value is -3.07. The molecule has 35 heavy (non-hydrogen) atoms. The van der Waals surface area contributed by atoms with Crippen molar-refractivity contribution in [3.05, 3.63) is 65.2 Å². The van der Waals surface area contributed by atoms with E-state index in [1.807, 2.05) is 38.1 Å². The molecule has 0 aliphatic rings. The number of rotatable bonds is 13. The van der Waals surface area contributed by atoms with Gasteiger partial charge in [0.05, 0.1) is 17.1 Å². The van der Waals surface area contributed by atoms with Gasteiger partial charge in [0, 0.05) is 42.3 Å². The van der Waals surface area contributed by atoms with Crippen LogP contribution >= 0.6 is 11.6 Å². The number of nitrogens with zero attached hydrogens (tertiary/aromatic N) is 3. The number of aromatic nitrogens is 2. The number of carbonyl (C=O) groups is 1. The van der Waals surface area contributed by atoms with Gasteiger partial charge in [-0.05, 0) is 50.9 Å². The molecule has 7 nitrogen and oxygen atoms in total. The van der Waals surface area contributed by atoms with Crippen LogP contribution < -0.4 is 10.1 Å². The third-order valence-electron chi connectivity index (χ3n) is 4.97. The highest BCUT2D eigenvalue weighted by molar-refractivity contribution is 6.31. The highest BCUT2D eigenvalue weighted by atomic mass is 35.5. The van der Waals surface area contributed by atoms with Gasteiger partial charge in [0.1, 0.15) is 30.3 Å². The van der Waals surface area contributed by atoms with E-state index in [0.29, 0.717) is 60.1 Å². The topological polar surface area (TPSA) is 76.6 Å². The molecule has 0 atom stereocenters. The molecule has 0 bridgehead atoms. The first kappa shape index (κ1) is 26.5. The average molecular weight is 501 g/mol. The van der Waals surface area contributed by atoms with Gasteiger partial charge in [-0.3, -0.25) is 4.79 Å². The number of allylic oxidation sites excluding steroid dienone is 1. The summed E-state index contributed by atoms with van der Waals surface area (Å²) in [7, 11) is 3.88. The van der Waals surface area contributed by atoms with Gasteiger partial charge in [0.2, 0.25) is 0 Å². The fourth-order valence-electron chi connectivity index (χ4n) is 3.31. The van der Waals surface area contributed by atoms with E-state index < -0.39 is 5.82 Å². The standard InChI is InChI=1S/C26H30ClFN4O3/c1-4-10-34-11-12-35-25-16-24-21(14-18(25)13-20(33)6-5-9-32(2)3)26(30-17-29-24)31-19-7-8-23(28)22(27)15-19/h5-8,14-17H,4,9-13H2,1-3H3,(H,29,30,31)/b6-5+. The molecule has 0 saturated heterocycles. The molecule has 0 unspecified atom stereocenters. The quantitative estimate of drug-likeness (QED) is 0.255. The van der Waals surface area contributed by atoms with E-state index in [0.717, 1.165) is 6.42 Å². The van der Waals surface area contributed by atoms with Crippen molar-refractivity contribution in [1.82, 2.24) is 14.9 Å². The molecule has 0 aliphatic carbocycles. The Labute approximate surface area is 209 Å². The molecule has 3 aromatic rings. The number of anilines is 2. The van der Waals surface area contributed by atoms with Gasteiger partial charge in [0.25, 0.3) is 0 Å². The van der Waals surface area contributed by atoms with Crippen molar-refractivity contribution in [3.8, 4) is 5.75 Å². The highest BCUT2D eigenvalue weighted by Crippen LogP contribution is 2.31. The SMILES string of the molecule is CCCOCCOc1cc2ncnc(Nc3ccc(F)c(Cl)c3)c2cc1CC(=O)/C=C/CN(C)C. The van der Waals surface area contributed by atoms with Gasteiger partial charge in [-0.1, -0.05) is 24.6 Å². The molecule has 1 aromatic heterocycles. The second-order valence-electron chi connectivity index (χ2n) is 8.22. The number of carbonyl (C=O) groups excluding carboxylic acids is 1. The summed E-state index contributed by atoms with van der Waals surface area (Å²) in [5.41, 5.74) is 1.93. The summed E-state index contributed by atoms with van der Waals surface area (Å²) in [4.78, 5) is 23.3. The third-order valence-corrected chi connectivity index (χ3v) is 5.26. The largest absolute Gasteiger partial charge is 0.491 e. The molecule has 186 valence electrons. The Bertz CT molecular complexity index is 1190. The van der Waals surface area contributed by atoms with Crippen molar-refractivity contribution in [1.29, 1.82) is 0 Å². The summed E-state index contributed by atoms with van der Waals surface area (Å²) in [5, 5.41) is 3.86. The molecular weight excluding hydrogens is 471 g/mol. The van der Waals surface area contributed by atoms with Crippen LogP contribution in [0.3, 0.4) is 0 Å². The van der Waals surface area contributed by atoms with E-state index in [1.165, 1.54) is 18.5 Å². The van der Waals surface area contributed by atoms with Crippen LogP contribution in [0, 0.1) is 5.82 Å². The monoisotopic (exact) mass is 500 g/mol. The van der Waals surface area contributed by atoms with E-state index >= 15 is 0 Å². The minimum absolute atomic E-state index is 0.00476. The van der Waals surface area contributed by atoms with E-state index in [9.17, 15) is 9.18 Å². The molecule has 0 radical (unpaired) electrons. The molecule has 3 rings (SSSR count).